The molecule has 1 unspecified atom stereocenters. The van der Waals surface area contributed by atoms with Gasteiger partial charge in [0.15, 0.2) is 0 Å². The lowest BCUT2D eigenvalue weighted by Crippen LogP contribution is -2.18. The minimum Gasteiger partial charge on any atom is -0.481 e. The maximum absolute atomic E-state index is 12.4. The average Bonchev–Trinajstić information content (AvgIpc) is 2.92. The van der Waals surface area contributed by atoms with Crippen LogP contribution in [0.4, 0.5) is 0 Å². The normalized spacial score (nSPS) is 12.3. The molecule has 0 aromatic rings. The van der Waals surface area contributed by atoms with Gasteiger partial charge in [-0.05, 0) is 57.8 Å². The quantitative estimate of drug-likeness (QED) is 0.0529. The lowest BCUT2D eigenvalue weighted by molar-refractivity contribution is -0.150. The van der Waals surface area contributed by atoms with Gasteiger partial charge in [-0.15, -0.1) is 0 Å². The largest absolute Gasteiger partial charge is 0.481 e. The highest BCUT2D eigenvalue weighted by Crippen LogP contribution is 2.17. The Bertz CT molecular complexity index is 557. The molecule has 39 heavy (non-hydrogen) atoms. The van der Waals surface area contributed by atoms with Crippen molar-refractivity contribution in [3.8, 4) is 0 Å². The molecular weight excluding hydrogens is 484 g/mol. The smallest absolute Gasteiger partial charge is 0.306 e. The molecule has 0 saturated carbocycles. The number of unbranched alkanes of at least 4 members (excludes halogenated alkanes) is 20. The van der Waals surface area contributed by atoms with E-state index >= 15 is 0 Å². The highest BCUT2D eigenvalue weighted by atomic mass is 16.5. The molecule has 0 fully saturated rings. The molecule has 0 aliphatic carbocycles. The Kier molecular flexibility index (Phi) is 30.2. The maximum Gasteiger partial charge on any atom is 0.306 e. The molecule has 0 aliphatic rings. The van der Waals surface area contributed by atoms with Crippen molar-refractivity contribution in [1.82, 2.24) is 0 Å². The van der Waals surface area contributed by atoms with Crippen molar-refractivity contribution in [2.24, 2.45) is 0 Å². The monoisotopic (exact) mass is 550 g/mol. The summed E-state index contributed by atoms with van der Waals surface area (Å²) < 4.78 is 5.86. The van der Waals surface area contributed by atoms with Crippen molar-refractivity contribution in [2.75, 3.05) is 0 Å². The number of carbonyl (C=O) groups is 2. The number of carbonyl (C=O) groups excluding carboxylic acids is 1. The number of carboxylic acid groups (broad SMARTS) is 1. The molecular formula is C35H66O4. The topological polar surface area (TPSA) is 63.6 Å². The molecule has 4 nitrogen and oxygen atoms in total. The maximum atomic E-state index is 12.4. The number of esters is 1. The zero-order chi connectivity index (χ0) is 28.7. The number of ether oxygens (including phenoxy) is 1. The number of hydrogen-bond acceptors (Lipinski definition) is 3. The molecule has 1 atom stereocenters. The van der Waals surface area contributed by atoms with Crippen LogP contribution in [0, 0.1) is 0 Å². The third-order valence-electron chi connectivity index (χ3n) is 7.74. The molecule has 0 radical (unpaired) electrons. The van der Waals surface area contributed by atoms with Crippen molar-refractivity contribution in [1.29, 1.82) is 0 Å². The summed E-state index contributed by atoms with van der Waals surface area (Å²) in [4.78, 5) is 22.9. The first-order chi connectivity index (χ1) is 19.1. The van der Waals surface area contributed by atoms with Gasteiger partial charge >= 0.3 is 11.9 Å². The predicted octanol–water partition coefficient (Wildman–Crippen LogP) is 11.5. The van der Waals surface area contributed by atoms with Gasteiger partial charge in [0, 0.05) is 12.8 Å². The molecule has 0 aromatic carbocycles. The standard InChI is InChI=1S/C35H66O4/c1-3-5-7-8-9-10-11-12-13-14-15-16-17-18-22-25-28-32-35(38)39-33(29-6-4-2)30-26-23-20-19-21-24-27-31-34(36)37/h12-13,33H,3-11,14-32H2,1-2H3,(H,36,37)/b13-12-. The van der Waals surface area contributed by atoms with Crippen LogP contribution in [-0.4, -0.2) is 23.1 Å². The fourth-order valence-electron chi connectivity index (χ4n) is 5.16. The Morgan fingerprint density at radius 2 is 0.949 bits per heavy atom. The average molecular weight is 551 g/mol. The summed E-state index contributed by atoms with van der Waals surface area (Å²) in [6.07, 6.45) is 36.9. The van der Waals surface area contributed by atoms with E-state index in [1.165, 1.54) is 103 Å². The lowest BCUT2D eigenvalue weighted by Gasteiger charge is -2.18. The Balaban J connectivity index is 3.63. The van der Waals surface area contributed by atoms with Gasteiger partial charge in [0.05, 0.1) is 0 Å². The molecule has 0 bridgehead atoms. The first-order valence-electron chi connectivity index (χ1n) is 17.2. The SMILES string of the molecule is CCCCCCCC/C=C\CCCCCCCCCC(=O)OC(CCCC)CCCCCCCCCC(=O)O. The zero-order valence-electron chi connectivity index (χ0n) is 26.2. The van der Waals surface area contributed by atoms with Gasteiger partial charge in [-0.3, -0.25) is 9.59 Å². The second-order valence-electron chi connectivity index (χ2n) is 11.7. The van der Waals surface area contributed by atoms with Crippen LogP contribution in [0.5, 0.6) is 0 Å². The van der Waals surface area contributed by atoms with Gasteiger partial charge in [0.1, 0.15) is 6.10 Å². The predicted molar refractivity (Wildman–Crippen MR) is 167 cm³/mol. The summed E-state index contributed by atoms with van der Waals surface area (Å²) in [7, 11) is 0. The van der Waals surface area contributed by atoms with Gasteiger partial charge in [-0.1, -0.05) is 135 Å². The third-order valence-corrected chi connectivity index (χ3v) is 7.74. The summed E-state index contributed by atoms with van der Waals surface area (Å²) in [6.45, 7) is 4.47. The molecule has 0 rings (SSSR count). The first kappa shape index (κ1) is 37.7. The van der Waals surface area contributed by atoms with E-state index in [4.69, 9.17) is 9.84 Å². The van der Waals surface area contributed by atoms with Crippen molar-refractivity contribution in [2.45, 2.75) is 200 Å². The van der Waals surface area contributed by atoms with E-state index in [2.05, 4.69) is 26.0 Å². The van der Waals surface area contributed by atoms with E-state index in [1.807, 2.05) is 0 Å². The second-order valence-corrected chi connectivity index (χ2v) is 11.7. The van der Waals surface area contributed by atoms with E-state index in [9.17, 15) is 9.59 Å². The van der Waals surface area contributed by atoms with Crippen LogP contribution in [0.3, 0.4) is 0 Å². The van der Waals surface area contributed by atoms with E-state index in [-0.39, 0.29) is 12.1 Å². The van der Waals surface area contributed by atoms with E-state index < -0.39 is 5.97 Å². The highest BCUT2D eigenvalue weighted by molar-refractivity contribution is 5.69. The van der Waals surface area contributed by atoms with Crippen molar-refractivity contribution >= 4 is 11.9 Å². The number of rotatable bonds is 31. The van der Waals surface area contributed by atoms with Crippen LogP contribution in [-0.2, 0) is 14.3 Å². The molecule has 0 aromatic heterocycles. The summed E-state index contributed by atoms with van der Waals surface area (Å²) in [5.41, 5.74) is 0. The van der Waals surface area contributed by atoms with Crippen LogP contribution >= 0.6 is 0 Å². The Morgan fingerprint density at radius 1 is 0.538 bits per heavy atom. The van der Waals surface area contributed by atoms with E-state index in [0.717, 1.165) is 64.2 Å². The minimum atomic E-state index is -0.689. The van der Waals surface area contributed by atoms with Gasteiger partial charge in [-0.25, -0.2) is 0 Å². The highest BCUT2D eigenvalue weighted by Gasteiger charge is 2.13. The van der Waals surface area contributed by atoms with Gasteiger partial charge in [0.2, 0.25) is 0 Å². The Hall–Kier alpha value is -1.32. The Morgan fingerprint density at radius 3 is 1.46 bits per heavy atom. The minimum absolute atomic E-state index is 0.00211. The van der Waals surface area contributed by atoms with Crippen LogP contribution < -0.4 is 0 Å². The third kappa shape index (κ3) is 31.1. The number of aliphatic carboxylic acids is 1. The molecule has 230 valence electrons. The first-order valence-corrected chi connectivity index (χ1v) is 17.2. The summed E-state index contributed by atoms with van der Waals surface area (Å²) >= 11 is 0. The van der Waals surface area contributed by atoms with Crippen LogP contribution in [0.15, 0.2) is 12.2 Å². The lowest BCUT2D eigenvalue weighted by atomic mass is 10.0. The van der Waals surface area contributed by atoms with Crippen molar-refractivity contribution in [3.63, 3.8) is 0 Å². The number of allylic oxidation sites excluding steroid dienone is 2. The fourth-order valence-corrected chi connectivity index (χ4v) is 5.16. The molecule has 0 aliphatic heterocycles. The van der Waals surface area contributed by atoms with E-state index in [0.29, 0.717) is 12.8 Å². The molecule has 0 spiro atoms. The van der Waals surface area contributed by atoms with Crippen molar-refractivity contribution in [3.05, 3.63) is 12.2 Å². The fraction of sp³-hybridized carbons (Fsp3) is 0.886. The summed E-state index contributed by atoms with van der Waals surface area (Å²) in [6, 6.07) is 0. The van der Waals surface area contributed by atoms with Gasteiger partial charge in [0.25, 0.3) is 0 Å². The van der Waals surface area contributed by atoms with Crippen molar-refractivity contribution < 1.29 is 19.4 Å². The van der Waals surface area contributed by atoms with Gasteiger partial charge < -0.3 is 9.84 Å². The Labute approximate surface area is 243 Å². The summed E-state index contributed by atoms with van der Waals surface area (Å²) in [5.74, 6) is -0.687. The molecule has 0 heterocycles. The molecule has 0 saturated heterocycles. The molecule has 1 N–H and O–H groups in total. The zero-order valence-corrected chi connectivity index (χ0v) is 26.2. The second kappa shape index (κ2) is 31.2. The van der Waals surface area contributed by atoms with Gasteiger partial charge in [-0.2, -0.15) is 0 Å². The van der Waals surface area contributed by atoms with Crippen LogP contribution in [0.2, 0.25) is 0 Å². The molecule has 4 heteroatoms. The summed E-state index contributed by atoms with van der Waals surface area (Å²) in [5, 5.41) is 8.68. The molecule has 0 amide bonds. The number of hydrogen-bond donors (Lipinski definition) is 1. The van der Waals surface area contributed by atoms with Crippen LogP contribution in [0.1, 0.15) is 194 Å². The van der Waals surface area contributed by atoms with Crippen LogP contribution in [0.25, 0.3) is 0 Å². The number of carboxylic acids is 1. The van der Waals surface area contributed by atoms with E-state index in [1.54, 1.807) is 0 Å².